The monoisotopic (exact) mass is 579 g/mol. The standard InChI is InChI=1S/C31H39F2N7O2/c1-37-12-4-13-38(17-16-37)22-9-14-39(15-10-22)23-7-8-26(28(19-23)41-2)36-29-20-30(35-21-34-29)40-27(11-18-42-40)24-5-3-6-25(32)31(24)33/h3,5-8,19-22,27H,4,9-18H2,1-2H3,(H,34,35,36)/t27-/m1/s1. The fourth-order valence-electron chi connectivity index (χ4n) is 6.33. The number of aromatic nitrogens is 2. The second kappa shape index (κ2) is 12.8. The fraction of sp³-hybridized carbons (Fsp3) is 0.484. The lowest BCUT2D eigenvalue weighted by molar-refractivity contribution is 0.156. The lowest BCUT2D eigenvalue weighted by Gasteiger charge is -2.39. The molecule has 3 saturated heterocycles. The Kier molecular flexibility index (Phi) is 8.68. The number of nitrogens with one attached hydrogen (secondary N) is 1. The lowest BCUT2D eigenvalue weighted by Crippen LogP contribution is -2.46. The van der Waals surface area contributed by atoms with E-state index in [1.165, 1.54) is 37.0 Å². The first-order valence-corrected chi connectivity index (χ1v) is 14.8. The van der Waals surface area contributed by atoms with Crippen LogP contribution in [0.2, 0.25) is 0 Å². The molecule has 0 amide bonds. The molecule has 1 atom stereocenters. The molecule has 0 aliphatic carbocycles. The maximum absolute atomic E-state index is 14.6. The number of likely N-dealkylation sites (N-methyl/N-ethyl adjacent to an activating group) is 1. The van der Waals surface area contributed by atoms with Gasteiger partial charge >= 0.3 is 0 Å². The number of anilines is 4. The van der Waals surface area contributed by atoms with Crippen LogP contribution in [-0.2, 0) is 4.84 Å². The van der Waals surface area contributed by atoms with Gasteiger partial charge in [0.25, 0.3) is 0 Å². The van der Waals surface area contributed by atoms with Gasteiger partial charge in [-0.15, -0.1) is 0 Å². The van der Waals surface area contributed by atoms with Gasteiger partial charge in [0.15, 0.2) is 17.5 Å². The number of piperidine rings is 1. The van der Waals surface area contributed by atoms with Gasteiger partial charge in [-0.2, -0.15) is 0 Å². The van der Waals surface area contributed by atoms with Crippen LogP contribution in [0.25, 0.3) is 0 Å². The van der Waals surface area contributed by atoms with Crippen LogP contribution in [0.1, 0.15) is 37.3 Å². The summed E-state index contributed by atoms with van der Waals surface area (Å²) in [6.45, 7) is 7.10. The van der Waals surface area contributed by atoms with Gasteiger partial charge in [-0.1, -0.05) is 12.1 Å². The van der Waals surface area contributed by atoms with Crippen LogP contribution >= 0.6 is 0 Å². The van der Waals surface area contributed by atoms with Crippen molar-refractivity contribution < 1.29 is 18.4 Å². The molecule has 0 saturated carbocycles. The molecule has 3 aromatic rings. The van der Waals surface area contributed by atoms with Crippen LogP contribution in [0, 0.1) is 11.6 Å². The van der Waals surface area contributed by atoms with Gasteiger partial charge in [0.2, 0.25) is 0 Å². The first kappa shape index (κ1) is 28.6. The molecule has 9 nitrogen and oxygen atoms in total. The van der Waals surface area contributed by atoms with E-state index in [1.807, 2.05) is 6.07 Å². The van der Waals surface area contributed by atoms with Crippen molar-refractivity contribution in [1.29, 1.82) is 0 Å². The molecular weight excluding hydrogens is 540 g/mol. The molecule has 3 aliphatic heterocycles. The molecule has 0 spiro atoms. The third-order valence-electron chi connectivity index (χ3n) is 8.67. The molecule has 0 unspecified atom stereocenters. The van der Waals surface area contributed by atoms with Crippen LogP contribution in [-0.4, -0.2) is 85.8 Å². The van der Waals surface area contributed by atoms with Gasteiger partial charge in [-0.05, 0) is 57.6 Å². The normalized spacial score (nSPS) is 21.0. The zero-order valence-corrected chi connectivity index (χ0v) is 24.3. The summed E-state index contributed by atoms with van der Waals surface area (Å²) in [5.41, 5.74) is 2.14. The average Bonchev–Trinajstić information content (AvgIpc) is 3.40. The van der Waals surface area contributed by atoms with E-state index in [4.69, 9.17) is 9.57 Å². The molecule has 42 heavy (non-hydrogen) atoms. The van der Waals surface area contributed by atoms with E-state index in [0.717, 1.165) is 56.5 Å². The molecule has 1 aromatic heterocycles. The minimum atomic E-state index is -0.880. The molecular formula is C31H39F2N7O2. The second-order valence-electron chi connectivity index (χ2n) is 11.3. The summed E-state index contributed by atoms with van der Waals surface area (Å²) >= 11 is 0. The van der Waals surface area contributed by atoms with Gasteiger partial charge in [0.1, 0.15) is 17.9 Å². The highest BCUT2D eigenvalue weighted by atomic mass is 19.2. The Morgan fingerprint density at radius 2 is 1.81 bits per heavy atom. The van der Waals surface area contributed by atoms with E-state index in [1.54, 1.807) is 19.2 Å². The van der Waals surface area contributed by atoms with Crippen molar-refractivity contribution in [2.75, 3.05) is 75.3 Å². The Hall–Kier alpha value is -3.54. The topological polar surface area (TPSA) is 69.2 Å². The highest BCUT2D eigenvalue weighted by Crippen LogP contribution is 2.37. The predicted octanol–water partition coefficient (Wildman–Crippen LogP) is 5.00. The molecule has 0 radical (unpaired) electrons. The van der Waals surface area contributed by atoms with Gasteiger partial charge in [0.05, 0.1) is 25.4 Å². The molecule has 3 fully saturated rings. The van der Waals surface area contributed by atoms with E-state index in [9.17, 15) is 8.78 Å². The van der Waals surface area contributed by atoms with Crippen molar-refractivity contribution in [2.45, 2.75) is 37.8 Å². The van der Waals surface area contributed by atoms with Crippen molar-refractivity contribution in [3.63, 3.8) is 0 Å². The van der Waals surface area contributed by atoms with E-state index < -0.39 is 17.7 Å². The number of hydroxylamine groups is 1. The zero-order chi connectivity index (χ0) is 29.1. The van der Waals surface area contributed by atoms with Gasteiger partial charge in [0, 0.05) is 62.0 Å². The van der Waals surface area contributed by atoms with Crippen molar-refractivity contribution in [1.82, 2.24) is 19.8 Å². The quantitative estimate of drug-likeness (QED) is 0.417. The highest BCUT2D eigenvalue weighted by Gasteiger charge is 2.32. The number of methoxy groups -OCH3 is 1. The lowest BCUT2D eigenvalue weighted by atomic mass is 10.0. The van der Waals surface area contributed by atoms with Gasteiger partial charge < -0.3 is 19.9 Å². The van der Waals surface area contributed by atoms with E-state index >= 15 is 0 Å². The van der Waals surface area contributed by atoms with Crippen molar-refractivity contribution in [3.8, 4) is 5.75 Å². The smallest absolute Gasteiger partial charge is 0.164 e. The predicted molar refractivity (Wildman–Crippen MR) is 159 cm³/mol. The van der Waals surface area contributed by atoms with Gasteiger partial charge in [-0.25, -0.2) is 23.8 Å². The Balaban J connectivity index is 1.12. The molecule has 3 aliphatic rings. The number of ether oxygens (including phenoxy) is 1. The fourth-order valence-corrected chi connectivity index (χ4v) is 6.33. The van der Waals surface area contributed by atoms with Crippen molar-refractivity contribution in [2.24, 2.45) is 0 Å². The summed E-state index contributed by atoms with van der Waals surface area (Å²) in [7, 11) is 3.88. The first-order valence-electron chi connectivity index (χ1n) is 14.8. The zero-order valence-electron chi connectivity index (χ0n) is 24.3. The maximum atomic E-state index is 14.6. The number of rotatable bonds is 7. The molecule has 1 N–H and O–H groups in total. The molecule has 2 aromatic carbocycles. The van der Waals surface area contributed by atoms with E-state index in [0.29, 0.717) is 36.5 Å². The second-order valence-corrected chi connectivity index (χ2v) is 11.3. The minimum absolute atomic E-state index is 0.237. The van der Waals surface area contributed by atoms with E-state index in [-0.39, 0.29) is 5.56 Å². The Morgan fingerprint density at radius 1 is 0.952 bits per heavy atom. The minimum Gasteiger partial charge on any atom is -0.494 e. The summed E-state index contributed by atoms with van der Waals surface area (Å²) < 4.78 is 34.2. The first-order chi connectivity index (χ1) is 20.5. The van der Waals surface area contributed by atoms with Crippen LogP contribution in [0.5, 0.6) is 5.75 Å². The molecule has 224 valence electrons. The number of hydrogen-bond acceptors (Lipinski definition) is 9. The molecule has 4 heterocycles. The Bertz CT molecular complexity index is 1370. The Labute approximate surface area is 246 Å². The van der Waals surface area contributed by atoms with Crippen molar-refractivity contribution >= 4 is 23.0 Å². The van der Waals surface area contributed by atoms with Crippen LogP contribution in [0.3, 0.4) is 0 Å². The van der Waals surface area contributed by atoms with Crippen LogP contribution < -0.4 is 20.0 Å². The van der Waals surface area contributed by atoms with Crippen LogP contribution in [0.15, 0.2) is 48.8 Å². The highest BCUT2D eigenvalue weighted by molar-refractivity contribution is 5.70. The number of hydrogen-bond donors (Lipinski definition) is 1. The summed E-state index contributed by atoms with van der Waals surface area (Å²) in [6, 6.07) is 12.3. The third-order valence-corrected chi connectivity index (χ3v) is 8.67. The van der Waals surface area contributed by atoms with Crippen LogP contribution in [0.4, 0.5) is 31.8 Å². The van der Waals surface area contributed by atoms with Crippen molar-refractivity contribution in [3.05, 3.63) is 66.0 Å². The summed E-state index contributed by atoms with van der Waals surface area (Å²) in [4.78, 5) is 22.1. The number of halogens is 2. The van der Waals surface area contributed by atoms with Gasteiger partial charge in [-0.3, -0.25) is 9.74 Å². The Morgan fingerprint density at radius 3 is 2.64 bits per heavy atom. The molecule has 6 rings (SSSR count). The molecule has 0 bridgehead atoms. The maximum Gasteiger partial charge on any atom is 0.164 e. The SMILES string of the molecule is COc1cc(N2CCC(N3CCCN(C)CC3)CC2)ccc1Nc1cc(N2OCC[C@@H]2c2cccc(F)c2F)ncn1. The van der Waals surface area contributed by atoms with E-state index in [2.05, 4.69) is 49.2 Å². The number of nitrogens with zero attached hydrogens (tertiary/aromatic N) is 6. The molecule has 11 heteroatoms. The largest absolute Gasteiger partial charge is 0.494 e. The third kappa shape index (κ3) is 6.13. The summed E-state index contributed by atoms with van der Waals surface area (Å²) in [6.07, 6.45) is 5.50. The number of benzene rings is 2. The summed E-state index contributed by atoms with van der Waals surface area (Å²) in [5, 5.41) is 4.86. The average molecular weight is 580 g/mol. The summed E-state index contributed by atoms with van der Waals surface area (Å²) in [5.74, 6) is -0.0523.